The van der Waals surface area contributed by atoms with Gasteiger partial charge in [0.15, 0.2) is 5.96 Å². The number of nitrogens with zero attached hydrogens (tertiary/aromatic N) is 2. The van der Waals surface area contributed by atoms with Gasteiger partial charge in [0.2, 0.25) is 0 Å². The molecule has 168 valence electrons. The molecule has 32 heavy (non-hydrogen) atoms. The zero-order valence-corrected chi connectivity index (χ0v) is 19.4. The van der Waals surface area contributed by atoms with Gasteiger partial charge in [-0.3, -0.25) is 10.3 Å². The molecule has 0 unspecified atom stereocenters. The zero-order chi connectivity index (χ0) is 23.5. The van der Waals surface area contributed by atoms with Gasteiger partial charge in [0.05, 0.1) is 5.02 Å². The molecule has 0 saturated carbocycles. The van der Waals surface area contributed by atoms with Crippen LogP contribution in [0.5, 0.6) is 0 Å². The number of rotatable bonds is 6. The van der Waals surface area contributed by atoms with Crippen molar-refractivity contribution in [3.63, 3.8) is 0 Å². The summed E-state index contributed by atoms with van der Waals surface area (Å²) in [5.74, 6) is -0.0681. The van der Waals surface area contributed by atoms with Crippen LogP contribution in [-0.4, -0.2) is 34.5 Å². The molecule has 2 aromatic carbocycles. The molecule has 0 fully saturated rings. The number of carbonyl (C=O) groups is 1. The predicted molar refractivity (Wildman–Crippen MR) is 129 cm³/mol. The number of carbonyl (C=O) groups excluding carboxylic acids is 1. The summed E-state index contributed by atoms with van der Waals surface area (Å²) in [6.07, 6.45) is 1.52. The number of pyridine rings is 1. The minimum Gasteiger partial charge on any atom is -0.459 e. The molecule has 0 aliphatic rings. The van der Waals surface area contributed by atoms with Crippen LogP contribution in [0.25, 0.3) is 10.8 Å². The molecule has 0 spiro atoms. The summed E-state index contributed by atoms with van der Waals surface area (Å²) in [7, 11) is 1.89. The van der Waals surface area contributed by atoms with E-state index in [4.69, 9.17) is 27.5 Å². The number of anilines is 1. The summed E-state index contributed by atoms with van der Waals surface area (Å²) in [5.41, 5.74) is 6.71. The SMILES string of the molecule is CN(Cc1ccc2c(Cl)cnc(NC(=N)N)c2c1)[C@H](C(=O)OC(C)(C)C)c1ccccc1. The summed E-state index contributed by atoms with van der Waals surface area (Å²) in [5, 5.41) is 12.3. The van der Waals surface area contributed by atoms with Crippen molar-refractivity contribution in [1.29, 1.82) is 5.41 Å². The molecule has 0 aliphatic heterocycles. The van der Waals surface area contributed by atoms with Gasteiger partial charge in [-0.2, -0.15) is 0 Å². The average Bonchev–Trinajstić information content (AvgIpc) is 2.69. The first-order valence-electron chi connectivity index (χ1n) is 10.2. The molecule has 1 atom stereocenters. The van der Waals surface area contributed by atoms with E-state index in [-0.39, 0.29) is 11.9 Å². The van der Waals surface area contributed by atoms with Crippen molar-refractivity contribution in [3.8, 4) is 0 Å². The lowest BCUT2D eigenvalue weighted by atomic mass is 10.0. The minimum absolute atomic E-state index is 0.210. The standard InChI is InChI=1S/C24H28ClN5O2/c1-24(2,3)32-22(31)20(16-8-6-5-7-9-16)30(4)14-15-10-11-17-18(12-15)21(29-23(26)27)28-13-19(17)25/h5-13,20H,14H2,1-4H3,(H4,26,27,28,29)/t20-/m0/s1. The summed E-state index contributed by atoms with van der Waals surface area (Å²) in [4.78, 5) is 19.3. The quantitative estimate of drug-likeness (QED) is 0.283. The van der Waals surface area contributed by atoms with Crippen LogP contribution < -0.4 is 11.1 Å². The van der Waals surface area contributed by atoms with E-state index in [1.165, 1.54) is 6.20 Å². The number of ether oxygens (including phenoxy) is 1. The van der Waals surface area contributed by atoms with Gasteiger partial charge < -0.3 is 15.8 Å². The second kappa shape index (κ2) is 9.54. The van der Waals surface area contributed by atoms with Crippen molar-refractivity contribution in [2.24, 2.45) is 5.73 Å². The first kappa shape index (κ1) is 23.5. The molecule has 8 heteroatoms. The fourth-order valence-corrected chi connectivity index (χ4v) is 3.74. The molecule has 0 bridgehead atoms. The van der Waals surface area contributed by atoms with E-state index < -0.39 is 11.6 Å². The molecule has 3 aromatic rings. The Labute approximate surface area is 193 Å². The highest BCUT2D eigenvalue weighted by Crippen LogP contribution is 2.30. The lowest BCUT2D eigenvalue weighted by Crippen LogP contribution is -2.36. The van der Waals surface area contributed by atoms with Gasteiger partial charge >= 0.3 is 5.97 Å². The first-order chi connectivity index (χ1) is 15.0. The second-order valence-electron chi connectivity index (χ2n) is 8.64. The molecule has 7 nitrogen and oxygen atoms in total. The summed E-state index contributed by atoms with van der Waals surface area (Å²) in [6, 6.07) is 14.8. The maximum atomic E-state index is 13.1. The normalized spacial score (nSPS) is 12.6. The monoisotopic (exact) mass is 453 g/mol. The third-order valence-corrected chi connectivity index (χ3v) is 5.08. The van der Waals surface area contributed by atoms with E-state index in [9.17, 15) is 4.79 Å². The summed E-state index contributed by atoms with van der Waals surface area (Å²) < 4.78 is 5.71. The van der Waals surface area contributed by atoms with Crippen LogP contribution in [0.3, 0.4) is 0 Å². The number of halogens is 1. The van der Waals surface area contributed by atoms with Crippen LogP contribution in [0, 0.1) is 5.41 Å². The van der Waals surface area contributed by atoms with Crippen molar-refractivity contribution in [3.05, 3.63) is 70.9 Å². The predicted octanol–water partition coefficient (Wildman–Crippen LogP) is 4.71. The van der Waals surface area contributed by atoms with Crippen molar-refractivity contribution >= 4 is 40.1 Å². The van der Waals surface area contributed by atoms with Crippen molar-refractivity contribution in [2.75, 3.05) is 12.4 Å². The number of nitrogens with two attached hydrogens (primary N) is 1. The maximum Gasteiger partial charge on any atom is 0.328 e. The number of fused-ring (bicyclic) bond motifs is 1. The van der Waals surface area contributed by atoms with E-state index in [1.807, 2.05) is 81.2 Å². The molecule has 1 aromatic heterocycles. The van der Waals surface area contributed by atoms with Crippen molar-refractivity contribution < 1.29 is 9.53 Å². The fraction of sp³-hybridized carbons (Fsp3) is 0.292. The summed E-state index contributed by atoms with van der Waals surface area (Å²) >= 11 is 6.31. The van der Waals surface area contributed by atoms with Crippen molar-refractivity contribution in [2.45, 2.75) is 39.0 Å². The maximum absolute atomic E-state index is 13.1. The van der Waals surface area contributed by atoms with Crippen LogP contribution in [-0.2, 0) is 16.1 Å². The summed E-state index contributed by atoms with van der Waals surface area (Å²) in [6.45, 7) is 6.05. The van der Waals surface area contributed by atoms with Gasteiger partial charge in [-0.25, -0.2) is 9.78 Å². The molecule has 3 rings (SSSR count). The number of aromatic nitrogens is 1. The Morgan fingerprint density at radius 2 is 1.91 bits per heavy atom. The van der Waals surface area contributed by atoms with Gasteiger partial charge in [0, 0.05) is 23.5 Å². The van der Waals surface area contributed by atoms with E-state index in [0.29, 0.717) is 17.4 Å². The number of esters is 1. The van der Waals surface area contributed by atoms with Gasteiger partial charge in [0.1, 0.15) is 17.5 Å². The van der Waals surface area contributed by atoms with E-state index >= 15 is 0 Å². The molecule has 0 radical (unpaired) electrons. The van der Waals surface area contributed by atoms with Gasteiger partial charge in [-0.1, -0.05) is 54.1 Å². The lowest BCUT2D eigenvalue weighted by molar-refractivity contribution is -0.161. The Kier molecular flexibility index (Phi) is 7.01. The fourth-order valence-electron chi connectivity index (χ4n) is 3.52. The third-order valence-electron chi connectivity index (χ3n) is 4.77. The number of hydrogen-bond donors (Lipinski definition) is 3. The van der Waals surface area contributed by atoms with Crippen LogP contribution in [0.2, 0.25) is 5.02 Å². The van der Waals surface area contributed by atoms with Crippen molar-refractivity contribution in [1.82, 2.24) is 9.88 Å². The zero-order valence-electron chi connectivity index (χ0n) is 18.6. The Morgan fingerprint density at radius 1 is 1.22 bits per heavy atom. The van der Waals surface area contributed by atoms with Gasteiger partial charge in [0.25, 0.3) is 0 Å². The molecule has 0 aliphatic carbocycles. The highest BCUT2D eigenvalue weighted by molar-refractivity contribution is 6.35. The number of guanidine groups is 1. The Hall–Kier alpha value is -3.16. The lowest BCUT2D eigenvalue weighted by Gasteiger charge is -2.30. The third kappa shape index (κ3) is 5.75. The highest BCUT2D eigenvalue weighted by Gasteiger charge is 2.30. The van der Waals surface area contributed by atoms with E-state index in [0.717, 1.165) is 21.9 Å². The van der Waals surface area contributed by atoms with E-state index in [1.54, 1.807) is 0 Å². The second-order valence-corrected chi connectivity index (χ2v) is 9.04. The smallest absolute Gasteiger partial charge is 0.328 e. The largest absolute Gasteiger partial charge is 0.459 e. The highest BCUT2D eigenvalue weighted by atomic mass is 35.5. The number of nitrogens with one attached hydrogen (secondary N) is 2. The molecule has 0 amide bonds. The van der Waals surface area contributed by atoms with Gasteiger partial charge in [-0.15, -0.1) is 0 Å². The molecule has 1 heterocycles. The van der Waals surface area contributed by atoms with Crippen LogP contribution in [0.15, 0.2) is 54.7 Å². The van der Waals surface area contributed by atoms with Crippen LogP contribution >= 0.6 is 11.6 Å². The molecular weight excluding hydrogens is 426 g/mol. The Morgan fingerprint density at radius 3 is 2.53 bits per heavy atom. The van der Waals surface area contributed by atoms with E-state index in [2.05, 4.69) is 10.3 Å². The minimum atomic E-state index is -0.594. The first-order valence-corrected chi connectivity index (χ1v) is 10.6. The molecular formula is C24H28ClN5O2. The Balaban J connectivity index is 1.95. The molecule has 0 saturated heterocycles. The average molecular weight is 454 g/mol. The van der Waals surface area contributed by atoms with Crippen LogP contribution in [0.4, 0.5) is 5.82 Å². The Bertz CT molecular complexity index is 1130. The number of benzene rings is 2. The van der Waals surface area contributed by atoms with Crippen LogP contribution in [0.1, 0.15) is 37.9 Å². The van der Waals surface area contributed by atoms with Gasteiger partial charge in [-0.05, 0) is 45.0 Å². The number of likely N-dealkylation sites (N-methyl/N-ethyl adjacent to an activating group) is 1. The topological polar surface area (TPSA) is 104 Å². The molecule has 4 N–H and O–H groups in total. The number of hydrogen-bond acceptors (Lipinski definition) is 5.